The molecule has 0 amide bonds. The summed E-state index contributed by atoms with van der Waals surface area (Å²) in [6.45, 7) is 3.28. The van der Waals surface area contributed by atoms with Gasteiger partial charge in [-0.15, -0.1) is 11.8 Å². The molecule has 0 saturated heterocycles. The van der Waals surface area contributed by atoms with Crippen molar-refractivity contribution in [1.82, 2.24) is 5.32 Å². The van der Waals surface area contributed by atoms with E-state index in [4.69, 9.17) is 0 Å². The monoisotopic (exact) mass is 347 g/mol. The predicted molar refractivity (Wildman–Crippen MR) is 90.5 cm³/mol. The van der Waals surface area contributed by atoms with E-state index < -0.39 is 0 Å². The van der Waals surface area contributed by atoms with Crippen molar-refractivity contribution in [3.05, 3.63) is 64.1 Å². The van der Waals surface area contributed by atoms with Crippen LogP contribution in [0, 0.1) is 0 Å². The molecule has 1 heterocycles. The number of thioether (sulfide) groups is 1. The highest BCUT2D eigenvalue weighted by Gasteiger charge is 2.22. The summed E-state index contributed by atoms with van der Waals surface area (Å²) >= 11 is 5.46. The minimum atomic E-state index is 0.390. The van der Waals surface area contributed by atoms with E-state index in [1.165, 1.54) is 21.8 Å². The topological polar surface area (TPSA) is 12.0 Å². The highest BCUT2D eigenvalue weighted by molar-refractivity contribution is 9.10. The summed E-state index contributed by atoms with van der Waals surface area (Å²) in [5, 5.41) is 3.67. The Labute approximate surface area is 133 Å². The van der Waals surface area contributed by atoms with Crippen molar-refractivity contribution in [1.29, 1.82) is 0 Å². The molecule has 1 aliphatic rings. The van der Waals surface area contributed by atoms with Crippen LogP contribution < -0.4 is 5.32 Å². The number of benzene rings is 2. The second kappa shape index (κ2) is 6.33. The van der Waals surface area contributed by atoms with Gasteiger partial charge in [-0.2, -0.15) is 0 Å². The molecule has 0 spiro atoms. The third-order valence-corrected chi connectivity index (χ3v) is 5.62. The SMILES string of the molecule is CC(NCC1CSc2ccccc21)c1ccc(Br)cc1. The lowest BCUT2D eigenvalue weighted by Gasteiger charge is -2.18. The molecule has 2 aromatic carbocycles. The number of hydrogen-bond acceptors (Lipinski definition) is 2. The van der Waals surface area contributed by atoms with Gasteiger partial charge in [0.2, 0.25) is 0 Å². The van der Waals surface area contributed by atoms with E-state index >= 15 is 0 Å². The number of halogens is 1. The standard InChI is InChI=1S/C17H18BrNS/c1-12(13-6-8-15(18)9-7-13)19-10-14-11-20-17-5-3-2-4-16(14)17/h2-9,12,14,19H,10-11H2,1H3. The summed E-state index contributed by atoms with van der Waals surface area (Å²) in [6.07, 6.45) is 0. The molecule has 2 aromatic rings. The molecule has 0 saturated carbocycles. The average Bonchev–Trinajstić information content (AvgIpc) is 2.89. The molecule has 1 N–H and O–H groups in total. The van der Waals surface area contributed by atoms with E-state index in [1.54, 1.807) is 0 Å². The maximum Gasteiger partial charge on any atom is 0.0292 e. The van der Waals surface area contributed by atoms with Gasteiger partial charge >= 0.3 is 0 Å². The van der Waals surface area contributed by atoms with Gasteiger partial charge in [0, 0.05) is 33.6 Å². The summed E-state index contributed by atoms with van der Waals surface area (Å²) in [6, 6.07) is 17.7. The van der Waals surface area contributed by atoms with E-state index in [0.29, 0.717) is 12.0 Å². The van der Waals surface area contributed by atoms with Gasteiger partial charge in [0.1, 0.15) is 0 Å². The Morgan fingerprint density at radius 1 is 1.20 bits per heavy atom. The van der Waals surface area contributed by atoms with E-state index in [2.05, 4.69) is 76.7 Å². The molecule has 1 aliphatic heterocycles. The minimum absolute atomic E-state index is 0.390. The molecule has 3 heteroatoms. The minimum Gasteiger partial charge on any atom is -0.310 e. The van der Waals surface area contributed by atoms with Crippen molar-refractivity contribution in [2.75, 3.05) is 12.3 Å². The van der Waals surface area contributed by atoms with Gasteiger partial charge in [0.25, 0.3) is 0 Å². The normalized spacial score (nSPS) is 18.8. The Balaban J connectivity index is 1.62. The summed E-state index contributed by atoms with van der Waals surface area (Å²) in [7, 11) is 0. The molecule has 0 fully saturated rings. The molecule has 20 heavy (non-hydrogen) atoms. The highest BCUT2D eigenvalue weighted by Crippen LogP contribution is 2.39. The Bertz CT molecular complexity index is 582. The van der Waals surface area contributed by atoms with Crippen molar-refractivity contribution in [2.24, 2.45) is 0 Å². The Hall–Kier alpha value is -0.770. The summed E-state index contributed by atoms with van der Waals surface area (Å²) < 4.78 is 1.13. The average molecular weight is 348 g/mol. The lowest BCUT2D eigenvalue weighted by Crippen LogP contribution is -2.24. The second-order valence-corrected chi connectivity index (χ2v) is 7.20. The van der Waals surface area contributed by atoms with Crippen LogP contribution in [0.4, 0.5) is 0 Å². The van der Waals surface area contributed by atoms with Crippen LogP contribution >= 0.6 is 27.7 Å². The van der Waals surface area contributed by atoms with Crippen LogP contribution in [0.5, 0.6) is 0 Å². The quantitative estimate of drug-likeness (QED) is 0.835. The molecule has 1 nitrogen and oxygen atoms in total. The first kappa shape index (κ1) is 14.2. The Morgan fingerprint density at radius 2 is 1.95 bits per heavy atom. The molecule has 0 radical (unpaired) electrons. The van der Waals surface area contributed by atoms with Gasteiger partial charge in [-0.3, -0.25) is 0 Å². The van der Waals surface area contributed by atoms with Crippen LogP contribution in [-0.4, -0.2) is 12.3 Å². The maximum absolute atomic E-state index is 3.67. The van der Waals surface area contributed by atoms with Gasteiger partial charge < -0.3 is 5.32 Å². The molecule has 0 bridgehead atoms. The molecule has 0 aromatic heterocycles. The van der Waals surface area contributed by atoms with Crippen LogP contribution in [0.15, 0.2) is 57.9 Å². The zero-order chi connectivity index (χ0) is 13.9. The second-order valence-electron chi connectivity index (χ2n) is 5.23. The van der Waals surface area contributed by atoms with Crippen LogP contribution in [0.3, 0.4) is 0 Å². The van der Waals surface area contributed by atoms with Gasteiger partial charge in [0.15, 0.2) is 0 Å². The van der Waals surface area contributed by atoms with Gasteiger partial charge in [-0.1, -0.05) is 46.3 Å². The number of hydrogen-bond donors (Lipinski definition) is 1. The van der Waals surface area contributed by atoms with Gasteiger partial charge in [0.05, 0.1) is 0 Å². The van der Waals surface area contributed by atoms with Crippen molar-refractivity contribution in [3.8, 4) is 0 Å². The smallest absolute Gasteiger partial charge is 0.0292 e. The fourth-order valence-corrected chi connectivity index (χ4v) is 4.11. The van der Waals surface area contributed by atoms with Crippen LogP contribution in [-0.2, 0) is 0 Å². The van der Waals surface area contributed by atoms with E-state index in [1.807, 2.05) is 11.8 Å². The zero-order valence-electron chi connectivity index (χ0n) is 11.5. The van der Waals surface area contributed by atoms with E-state index in [0.717, 1.165) is 11.0 Å². The summed E-state index contributed by atoms with van der Waals surface area (Å²) in [4.78, 5) is 1.45. The largest absolute Gasteiger partial charge is 0.310 e. The first-order valence-corrected chi connectivity index (χ1v) is 8.72. The van der Waals surface area contributed by atoms with E-state index in [9.17, 15) is 0 Å². The number of nitrogens with one attached hydrogen (secondary N) is 1. The van der Waals surface area contributed by atoms with Crippen LogP contribution in [0.2, 0.25) is 0 Å². The van der Waals surface area contributed by atoms with Crippen LogP contribution in [0.1, 0.15) is 30.0 Å². The third-order valence-electron chi connectivity index (χ3n) is 3.84. The maximum atomic E-state index is 3.67. The molecule has 0 aliphatic carbocycles. The van der Waals surface area contributed by atoms with Crippen molar-refractivity contribution < 1.29 is 0 Å². The van der Waals surface area contributed by atoms with Gasteiger partial charge in [-0.25, -0.2) is 0 Å². The summed E-state index contributed by atoms with van der Waals surface area (Å²) in [5.74, 6) is 1.83. The lowest BCUT2D eigenvalue weighted by molar-refractivity contribution is 0.541. The Morgan fingerprint density at radius 3 is 2.75 bits per heavy atom. The molecule has 2 unspecified atom stereocenters. The molecular weight excluding hydrogens is 330 g/mol. The fourth-order valence-electron chi connectivity index (χ4n) is 2.59. The molecule has 2 atom stereocenters. The zero-order valence-corrected chi connectivity index (χ0v) is 13.9. The fraction of sp³-hybridized carbons (Fsp3) is 0.294. The molecule has 104 valence electrons. The summed E-state index contributed by atoms with van der Waals surface area (Å²) in [5.41, 5.74) is 2.85. The Kier molecular flexibility index (Phi) is 4.49. The number of rotatable bonds is 4. The first-order valence-electron chi connectivity index (χ1n) is 6.94. The third kappa shape index (κ3) is 3.11. The van der Waals surface area contributed by atoms with Crippen molar-refractivity contribution in [3.63, 3.8) is 0 Å². The lowest BCUT2D eigenvalue weighted by atomic mass is 10.0. The number of fused-ring (bicyclic) bond motifs is 1. The first-order chi connectivity index (χ1) is 9.74. The van der Waals surface area contributed by atoms with Crippen molar-refractivity contribution >= 4 is 27.7 Å². The molecular formula is C17H18BrNS. The predicted octanol–water partition coefficient (Wildman–Crippen LogP) is 4.99. The van der Waals surface area contributed by atoms with E-state index in [-0.39, 0.29) is 0 Å². The van der Waals surface area contributed by atoms with Crippen molar-refractivity contribution in [2.45, 2.75) is 23.8 Å². The van der Waals surface area contributed by atoms with Gasteiger partial charge in [-0.05, 0) is 36.2 Å². The molecule has 3 rings (SSSR count). The van der Waals surface area contributed by atoms with Crippen LogP contribution in [0.25, 0.3) is 0 Å². The highest BCUT2D eigenvalue weighted by atomic mass is 79.9.